The lowest BCUT2D eigenvalue weighted by Crippen LogP contribution is -2.50. The fraction of sp³-hybridized carbons (Fsp3) is 0.545. The summed E-state index contributed by atoms with van der Waals surface area (Å²) in [5, 5.41) is 4.35. The number of benzene rings is 1. The van der Waals surface area contributed by atoms with Crippen molar-refractivity contribution in [2.24, 2.45) is 10.9 Å². The summed E-state index contributed by atoms with van der Waals surface area (Å²) in [5.41, 5.74) is 2.03. The fourth-order valence-electron chi connectivity index (χ4n) is 4.38. The molecule has 30 heavy (non-hydrogen) atoms. The maximum Gasteiger partial charge on any atom is 0.225 e. The molecule has 2 N–H and O–H groups in total. The van der Waals surface area contributed by atoms with Crippen molar-refractivity contribution >= 4 is 22.8 Å². The number of ether oxygens (including phenoxy) is 1. The molecule has 2 saturated heterocycles. The maximum atomic E-state index is 13.6. The lowest BCUT2D eigenvalue weighted by Gasteiger charge is -2.36. The molecule has 2 aliphatic rings. The first-order valence-electron chi connectivity index (χ1n) is 10.7. The summed E-state index contributed by atoms with van der Waals surface area (Å²) < 4.78 is 18.9. The maximum absolute atomic E-state index is 13.6. The molecule has 0 aliphatic carbocycles. The summed E-state index contributed by atoms with van der Waals surface area (Å²) in [6, 6.07) is 4.81. The van der Waals surface area contributed by atoms with Crippen LogP contribution in [0.5, 0.6) is 0 Å². The number of nitrogens with zero attached hydrogens (tertiary/aromatic N) is 3. The molecule has 1 aromatic heterocycles. The number of nitrogens with one attached hydrogen (secondary N) is 2. The normalized spacial score (nSPS) is 18.8. The van der Waals surface area contributed by atoms with Gasteiger partial charge >= 0.3 is 0 Å². The van der Waals surface area contributed by atoms with Crippen molar-refractivity contribution in [2.45, 2.75) is 19.3 Å². The van der Waals surface area contributed by atoms with Gasteiger partial charge in [-0.3, -0.25) is 9.79 Å². The molecule has 0 radical (unpaired) electrons. The number of carbonyl (C=O) groups excluding carboxylic acids is 1. The minimum Gasteiger partial charge on any atom is -0.378 e. The zero-order valence-corrected chi connectivity index (χ0v) is 17.5. The molecule has 2 fully saturated rings. The molecule has 4 rings (SSSR count). The summed E-state index contributed by atoms with van der Waals surface area (Å²) in [6.45, 7) is 5.05. The number of H-pyrrole nitrogens is 1. The van der Waals surface area contributed by atoms with Crippen molar-refractivity contribution in [2.75, 3.05) is 53.0 Å². The van der Waals surface area contributed by atoms with E-state index >= 15 is 0 Å². The standard InChI is InChI=1S/C22H30FN5O2/c1-24-22(25-7-4-17-15-26-20-3-2-18(23)14-19(17)20)28-8-5-16(6-9-28)21(29)27-10-12-30-13-11-27/h2-3,14-16,26H,4-13H2,1H3,(H,24,25). The number of hydrogen-bond acceptors (Lipinski definition) is 3. The Morgan fingerprint density at radius 2 is 2.00 bits per heavy atom. The summed E-state index contributed by atoms with van der Waals surface area (Å²) in [7, 11) is 1.79. The van der Waals surface area contributed by atoms with Crippen LogP contribution in [0.1, 0.15) is 18.4 Å². The van der Waals surface area contributed by atoms with Crippen molar-refractivity contribution in [3.63, 3.8) is 0 Å². The summed E-state index contributed by atoms with van der Waals surface area (Å²) in [5.74, 6) is 1.01. The molecule has 0 atom stereocenters. The van der Waals surface area contributed by atoms with E-state index in [2.05, 4.69) is 20.2 Å². The molecule has 1 aromatic carbocycles. The summed E-state index contributed by atoms with van der Waals surface area (Å²) in [6.07, 6.45) is 4.41. The number of aromatic nitrogens is 1. The average molecular weight is 416 g/mol. The van der Waals surface area contributed by atoms with Crippen molar-refractivity contribution < 1.29 is 13.9 Å². The van der Waals surface area contributed by atoms with E-state index in [-0.39, 0.29) is 17.6 Å². The van der Waals surface area contributed by atoms with E-state index in [1.165, 1.54) is 6.07 Å². The van der Waals surface area contributed by atoms with Gasteiger partial charge in [0.25, 0.3) is 0 Å². The van der Waals surface area contributed by atoms with Gasteiger partial charge in [0.1, 0.15) is 5.82 Å². The molecule has 0 spiro atoms. The molecule has 2 aromatic rings. The molecule has 1 amide bonds. The quantitative estimate of drug-likeness (QED) is 0.592. The molecule has 3 heterocycles. The highest BCUT2D eigenvalue weighted by molar-refractivity contribution is 5.84. The van der Waals surface area contributed by atoms with Crippen molar-refractivity contribution in [1.29, 1.82) is 0 Å². The number of guanidine groups is 1. The molecular formula is C22H30FN5O2. The molecule has 0 unspecified atom stereocenters. The molecule has 8 heteroatoms. The number of halogens is 1. The van der Waals surface area contributed by atoms with Gasteiger partial charge in [-0.25, -0.2) is 4.39 Å². The van der Waals surface area contributed by atoms with Gasteiger partial charge in [0.15, 0.2) is 5.96 Å². The van der Waals surface area contributed by atoms with Crippen molar-refractivity contribution in [3.8, 4) is 0 Å². The molecule has 7 nitrogen and oxygen atoms in total. The minimum atomic E-state index is -0.221. The van der Waals surface area contributed by atoms with Crippen LogP contribution in [0.2, 0.25) is 0 Å². The molecule has 0 saturated carbocycles. The third-order valence-corrected chi connectivity index (χ3v) is 6.09. The zero-order valence-electron chi connectivity index (χ0n) is 17.5. The third-order valence-electron chi connectivity index (χ3n) is 6.09. The highest BCUT2D eigenvalue weighted by Gasteiger charge is 2.30. The third kappa shape index (κ3) is 4.59. The Kier molecular flexibility index (Phi) is 6.52. The van der Waals surface area contributed by atoms with Gasteiger partial charge in [0, 0.05) is 62.8 Å². The fourth-order valence-corrected chi connectivity index (χ4v) is 4.38. The molecule has 2 aliphatic heterocycles. The van der Waals surface area contributed by atoms with Crippen LogP contribution in [0.25, 0.3) is 10.9 Å². The number of carbonyl (C=O) groups is 1. The van der Waals surface area contributed by atoms with Crippen molar-refractivity contribution in [1.82, 2.24) is 20.1 Å². The number of likely N-dealkylation sites (tertiary alicyclic amines) is 1. The SMILES string of the molecule is CN=C(NCCc1c[nH]c2ccc(F)cc12)N1CCC(C(=O)N2CCOCC2)CC1. The highest BCUT2D eigenvalue weighted by atomic mass is 19.1. The Bertz CT molecular complexity index is 898. The van der Waals surface area contributed by atoms with E-state index in [0.717, 1.165) is 54.8 Å². The van der Waals surface area contributed by atoms with E-state index in [1.807, 2.05) is 11.1 Å². The van der Waals surface area contributed by atoms with Gasteiger partial charge in [0.2, 0.25) is 5.91 Å². The second-order valence-electron chi connectivity index (χ2n) is 7.93. The van der Waals surface area contributed by atoms with E-state index in [4.69, 9.17) is 4.74 Å². The number of piperidine rings is 1. The van der Waals surface area contributed by atoms with Crippen LogP contribution >= 0.6 is 0 Å². The summed E-state index contributed by atoms with van der Waals surface area (Å²) >= 11 is 0. The van der Waals surface area contributed by atoms with Gasteiger partial charge in [-0.2, -0.15) is 0 Å². The Morgan fingerprint density at radius 3 is 2.73 bits per heavy atom. The Labute approximate surface area is 176 Å². The number of aliphatic imine (C=N–C) groups is 1. The lowest BCUT2D eigenvalue weighted by molar-refractivity contribution is -0.140. The Hall–Kier alpha value is -2.61. The Balaban J connectivity index is 1.26. The van der Waals surface area contributed by atoms with Crippen LogP contribution in [0.4, 0.5) is 4.39 Å². The number of morpholine rings is 1. The number of aromatic amines is 1. The van der Waals surface area contributed by atoms with Crippen LogP contribution in [0, 0.1) is 11.7 Å². The predicted octanol–water partition coefficient (Wildman–Crippen LogP) is 2.00. The monoisotopic (exact) mass is 415 g/mol. The smallest absolute Gasteiger partial charge is 0.225 e. The molecule has 162 valence electrons. The first kappa shape index (κ1) is 20.7. The number of rotatable bonds is 4. The number of hydrogen-bond donors (Lipinski definition) is 2. The molecule has 0 bridgehead atoms. The number of fused-ring (bicyclic) bond motifs is 1. The van der Waals surface area contributed by atoms with Crippen LogP contribution in [-0.2, 0) is 16.0 Å². The topological polar surface area (TPSA) is 73.0 Å². The van der Waals surface area contributed by atoms with Crippen LogP contribution in [-0.4, -0.2) is 79.6 Å². The Morgan fingerprint density at radius 1 is 1.23 bits per heavy atom. The van der Waals surface area contributed by atoms with Crippen LogP contribution in [0.3, 0.4) is 0 Å². The molecular weight excluding hydrogens is 385 g/mol. The van der Waals surface area contributed by atoms with Gasteiger partial charge < -0.3 is 24.8 Å². The van der Waals surface area contributed by atoms with Gasteiger partial charge in [-0.1, -0.05) is 0 Å². The van der Waals surface area contributed by atoms with E-state index in [9.17, 15) is 9.18 Å². The van der Waals surface area contributed by atoms with E-state index in [0.29, 0.717) is 32.8 Å². The number of amides is 1. The van der Waals surface area contributed by atoms with E-state index < -0.39 is 0 Å². The largest absolute Gasteiger partial charge is 0.378 e. The summed E-state index contributed by atoms with van der Waals surface area (Å²) in [4.78, 5) is 24.5. The van der Waals surface area contributed by atoms with Gasteiger partial charge in [0.05, 0.1) is 13.2 Å². The minimum absolute atomic E-state index is 0.0959. The average Bonchev–Trinajstić information content (AvgIpc) is 3.19. The lowest BCUT2D eigenvalue weighted by atomic mass is 9.95. The first-order chi connectivity index (χ1) is 14.7. The second-order valence-corrected chi connectivity index (χ2v) is 7.93. The van der Waals surface area contributed by atoms with E-state index in [1.54, 1.807) is 19.2 Å². The van der Waals surface area contributed by atoms with Gasteiger partial charge in [-0.05, 0) is 43.0 Å². The van der Waals surface area contributed by atoms with Crippen LogP contribution in [0.15, 0.2) is 29.4 Å². The zero-order chi connectivity index (χ0) is 20.9. The predicted molar refractivity (Wildman–Crippen MR) is 115 cm³/mol. The first-order valence-corrected chi connectivity index (χ1v) is 10.7. The van der Waals surface area contributed by atoms with Crippen molar-refractivity contribution in [3.05, 3.63) is 35.8 Å². The van der Waals surface area contributed by atoms with Crippen LogP contribution < -0.4 is 5.32 Å². The second kappa shape index (κ2) is 9.47. The highest BCUT2D eigenvalue weighted by Crippen LogP contribution is 2.21. The van der Waals surface area contributed by atoms with Gasteiger partial charge in [-0.15, -0.1) is 0 Å².